The largest absolute Gasteiger partial charge is 0.308 e. The Labute approximate surface area is 136 Å². The third kappa shape index (κ3) is 2.89. The zero-order chi connectivity index (χ0) is 15.0. The minimum atomic E-state index is -0.268. The summed E-state index contributed by atoms with van der Waals surface area (Å²) in [6.07, 6.45) is 0.668. The maximum atomic E-state index is 13.9. The summed E-state index contributed by atoms with van der Waals surface area (Å²) < 4.78 is 16.4. The third-order valence-electron chi connectivity index (χ3n) is 3.82. The number of nitrogens with zero attached hydrogens (tertiary/aromatic N) is 4. The van der Waals surface area contributed by atoms with Gasteiger partial charge in [-0.25, -0.2) is 14.1 Å². The van der Waals surface area contributed by atoms with Gasteiger partial charge in [-0.3, -0.25) is 0 Å². The minimum absolute atomic E-state index is 0.268. The normalized spacial score (nSPS) is 16.9. The van der Waals surface area contributed by atoms with Gasteiger partial charge in [0.1, 0.15) is 11.6 Å². The molecular weight excluding hydrogens is 359 g/mol. The predicted octanol–water partition coefficient (Wildman–Crippen LogP) is 2.60. The zero-order valence-electron chi connectivity index (χ0n) is 11.8. The SMILES string of the molecule is CN1CCN(n2c(CCCl)nc3cc(Br)c(F)cc32)CC1. The molecular formula is C14H17BrClFN4. The van der Waals surface area contributed by atoms with Crippen molar-refractivity contribution in [2.75, 3.05) is 44.1 Å². The summed E-state index contributed by atoms with van der Waals surface area (Å²) in [5.41, 5.74) is 1.60. The lowest BCUT2D eigenvalue weighted by atomic mass is 10.3. The smallest absolute Gasteiger partial charge is 0.139 e. The van der Waals surface area contributed by atoms with Crippen LogP contribution in [0.1, 0.15) is 5.82 Å². The fraction of sp³-hybridized carbons (Fsp3) is 0.500. The molecule has 114 valence electrons. The van der Waals surface area contributed by atoms with Crippen LogP contribution in [0.15, 0.2) is 16.6 Å². The van der Waals surface area contributed by atoms with Crippen LogP contribution in [-0.4, -0.2) is 53.7 Å². The molecule has 1 aliphatic rings. The quantitative estimate of drug-likeness (QED) is 0.771. The highest BCUT2D eigenvalue weighted by molar-refractivity contribution is 9.10. The number of piperazine rings is 1. The van der Waals surface area contributed by atoms with Crippen molar-refractivity contribution in [3.05, 3.63) is 28.2 Å². The number of halogens is 3. The van der Waals surface area contributed by atoms with Crippen LogP contribution in [0.2, 0.25) is 0 Å². The Morgan fingerprint density at radius 1 is 1.29 bits per heavy atom. The van der Waals surface area contributed by atoms with Gasteiger partial charge in [-0.15, -0.1) is 11.6 Å². The fourth-order valence-electron chi connectivity index (χ4n) is 2.67. The van der Waals surface area contributed by atoms with Crippen LogP contribution in [0.5, 0.6) is 0 Å². The second-order valence-corrected chi connectivity index (χ2v) is 6.52. The molecule has 2 aromatic rings. The summed E-state index contributed by atoms with van der Waals surface area (Å²) in [6, 6.07) is 3.28. The lowest BCUT2D eigenvalue weighted by molar-refractivity contribution is 0.287. The molecule has 0 spiro atoms. The molecule has 1 aromatic carbocycles. The Morgan fingerprint density at radius 2 is 2.00 bits per heavy atom. The summed E-state index contributed by atoms with van der Waals surface area (Å²) >= 11 is 9.12. The van der Waals surface area contributed by atoms with Gasteiger partial charge in [0.25, 0.3) is 0 Å². The van der Waals surface area contributed by atoms with Crippen molar-refractivity contribution in [1.82, 2.24) is 14.6 Å². The van der Waals surface area contributed by atoms with E-state index in [0.29, 0.717) is 16.8 Å². The average Bonchev–Trinajstić information content (AvgIpc) is 2.78. The van der Waals surface area contributed by atoms with Crippen LogP contribution >= 0.6 is 27.5 Å². The molecule has 21 heavy (non-hydrogen) atoms. The van der Waals surface area contributed by atoms with Crippen molar-refractivity contribution in [3.63, 3.8) is 0 Å². The van der Waals surface area contributed by atoms with Gasteiger partial charge in [0.15, 0.2) is 0 Å². The number of alkyl halides is 1. The average molecular weight is 376 g/mol. The number of hydrogen-bond acceptors (Lipinski definition) is 3. The van der Waals surface area contributed by atoms with E-state index >= 15 is 0 Å². The van der Waals surface area contributed by atoms with Gasteiger partial charge >= 0.3 is 0 Å². The third-order valence-corrected chi connectivity index (χ3v) is 4.62. The molecule has 1 saturated heterocycles. The second-order valence-electron chi connectivity index (χ2n) is 5.29. The minimum Gasteiger partial charge on any atom is -0.308 e. The molecule has 0 bridgehead atoms. The van der Waals surface area contributed by atoms with E-state index in [-0.39, 0.29) is 5.82 Å². The van der Waals surface area contributed by atoms with Gasteiger partial charge in [0, 0.05) is 44.5 Å². The van der Waals surface area contributed by atoms with Crippen molar-refractivity contribution < 1.29 is 4.39 Å². The summed E-state index contributed by atoms with van der Waals surface area (Å²) in [7, 11) is 2.11. The van der Waals surface area contributed by atoms with E-state index in [2.05, 4.69) is 37.9 Å². The van der Waals surface area contributed by atoms with Gasteiger partial charge in [0.05, 0.1) is 15.5 Å². The number of imidazole rings is 1. The lowest BCUT2D eigenvalue weighted by Gasteiger charge is -2.35. The fourth-order valence-corrected chi connectivity index (χ4v) is 3.17. The van der Waals surface area contributed by atoms with E-state index in [9.17, 15) is 4.39 Å². The zero-order valence-corrected chi connectivity index (χ0v) is 14.2. The van der Waals surface area contributed by atoms with Gasteiger partial charge in [-0.2, -0.15) is 0 Å². The Morgan fingerprint density at radius 3 is 2.67 bits per heavy atom. The topological polar surface area (TPSA) is 24.3 Å². The number of aryl methyl sites for hydroxylation is 1. The van der Waals surface area contributed by atoms with E-state index in [1.807, 2.05) is 4.68 Å². The Kier molecular flexibility index (Phi) is 4.38. The molecule has 2 heterocycles. The number of likely N-dealkylation sites (N-methyl/N-ethyl adjacent to an activating group) is 1. The molecule has 0 N–H and O–H groups in total. The van der Waals surface area contributed by atoms with Crippen molar-refractivity contribution >= 4 is 38.6 Å². The van der Waals surface area contributed by atoms with Crippen LogP contribution < -0.4 is 5.01 Å². The highest BCUT2D eigenvalue weighted by Gasteiger charge is 2.21. The molecule has 1 fully saturated rings. The molecule has 0 radical (unpaired) electrons. The molecule has 0 amide bonds. The van der Waals surface area contributed by atoms with E-state index in [0.717, 1.165) is 43.0 Å². The van der Waals surface area contributed by atoms with Crippen molar-refractivity contribution in [1.29, 1.82) is 0 Å². The molecule has 1 aliphatic heterocycles. The van der Waals surface area contributed by atoms with E-state index in [4.69, 9.17) is 11.6 Å². The summed E-state index contributed by atoms with van der Waals surface area (Å²) in [5.74, 6) is 1.12. The summed E-state index contributed by atoms with van der Waals surface area (Å²) in [4.78, 5) is 6.91. The van der Waals surface area contributed by atoms with E-state index in [1.54, 1.807) is 12.1 Å². The first-order valence-electron chi connectivity index (χ1n) is 6.96. The first-order chi connectivity index (χ1) is 10.1. The van der Waals surface area contributed by atoms with Crippen LogP contribution in [-0.2, 0) is 6.42 Å². The van der Waals surface area contributed by atoms with Crippen LogP contribution in [0.25, 0.3) is 11.0 Å². The molecule has 1 aromatic heterocycles. The van der Waals surface area contributed by atoms with Gasteiger partial charge in [0.2, 0.25) is 0 Å². The van der Waals surface area contributed by atoms with E-state index < -0.39 is 0 Å². The molecule has 0 aliphatic carbocycles. The van der Waals surface area contributed by atoms with Crippen LogP contribution in [0.3, 0.4) is 0 Å². The van der Waals surface area contributed by atoms with E-state index in [1.165, 1.54) is 0 Å². The Bertz CT molecular complexity index is 652. The van der Waals surface area contributed by atoms with Gasteiger partial charge in [-0.1, -0.05) is 0 Å². The first-order valence-corrected chi connectivity index (χ1v) is 8.29. The van der Waals surface area contributed by atoms with Gasteiger partial charge < -0.3 is 9.91 Å². The summed E-state index contributed by atoms with van der Waals surface area (Å²) in [6.45, 7) is 3.77. The highest BCUT2D eigenvalue weighted by Crippen LogP contribution is 2.25. The monoisotopic (exact) mass is 374 g/mol. The Balaban J connectivity index is 2.09. The van der Waals surface area contributed by atoms with Crippen molar-refractivity contribution in [2.24, 2.45) is 0 Å². The predicted molar refractivity (Wildman–Crippen MR) is 87.3 cm³/mol. The molecule has 0 saturated carbocycles. The van der Waals surface area contributed by atoms with Crippen LogP contribution in [0, 0.1) is 5.82 Å². The molecule has 7 heteroatoms. The number of rotatable bonds is 3. The van der Waals surface area contributed by atoms with Crippen molar-refractivity contribution in [2.45, 2.75) is 6.42 Å². The maximum Gasteiger partial charge on any atom is 0.139 e. The number of hydrogen-bond donors (Lipinski definition) is 0. The van der Waals surface area contributed by atoms with Crippen molar-refractivity contribution in [3.8, 4) is 0 Å². The second kappa shape index (κ2) is 6.10. The first kappa shape index (κ1) is 15.1. The Hall–Kier alpha value is -0.850. The molecule has 3 rings (SSSR count). The highest BCUT2D eigenvalue weighted by atomic mass is 79.9. The molecule has 0 atom stereocenters. The maximum absolute atomic E-state index is 13.9. The summed E-state index contributed by atoms with van der Waals surface area (Å²) in [5, 5.41) is 2.23. The lowest BCUT2D eigenvalue weighted by Crippen LogP contribution is -2.50. The van der Waals surface area contributed by atoms with Gasteiger partial charge in [-0.05, 0) is 29.0 Å². The molecule has 4 nitrogen and oxygen atoms in total. The molecule has 0 unspecified atom stereocenters. The standard InChI is InChI=1S/C14H17BrClFN4/c1-19-4-6-20(7-5-19)21-13-9-11(17)10(15)8-12(13)18-14(21)2-3-16/h8-9H,2-7H2,1H3. The van der Waals surface area contributed by atoms with Crippen LogP contribution in [0.4, 0.5) is 4.39 Å². The number of aromatic nitrogens is 2. The number of fused-ring (bicyclic) bond motifs is 1. The number of benzene rings is 1.